The molecule has 122 valence electrons. The van der Waals surface area contributed by atoms with E-state index >= 15 is 0 Å². The Hall–Kier alpha value is -3.06. The normalized spacial score (nSPS) is 11.8. The maximum Gasteiger partial charge on any atom is 0.321 e. The summed E-state index contributed by atoms with van der Waals surface area (Å²) in [6.07, 6.45) is 3.64. The predicted octanol–water partition coefficient (Wildman–Crippen LogP) is 3.05. The molecule has 0 amide bonds. The van der Waals surface area contributed by atoms with Crippen molar-refractivity contribution < 1.29 is 19.1 Å². The van der Waals surface area contributed by atoms with Crippen LogP contribution < -0.4 is 0 Å². The van der Waals surface area contributed by atoms with Crippen molar-refractivity contribution in [3.8, 4) is 0 Å². The minimum absolute atomic E-state index is 0.504. The van der Waals surface area contributed by atoms with Crippen LogP contribution in [-0.4, -0.2) is 26.2 Å². The summed E-state index contributed by atoms with van der Waals surface area (Å²) < 4.78 is 9.61. The van der Waals surface area contributed by atoms with Gasteiger partial charge in [0.05, 0.1) is 14.2 Å². The summed E-state index contributed by atoms with van der Waals surface area (Å²) in [5, 5.41) is 0. The molecule has 0 saturated carbocycles. The predicted molar refractivity (Wildman–Crippen MR) is 89.9 cm³/mol. The third kappa shape index (κ3) is 4.23. The van der Waals surface area contributed by atoms with Crippen LogP contribution in [0, 0.1) is 18.1 Å². The van der Waals surface area contributed by atoms with Crippen LogP contribution in [0.3, 0.4) is 0 Å². The molecule has 0 fully saturated rings. The minimum Gasteiger partial charge on any atom is -0.468 e. The Balaban J connectivity index is 2.43. The van der Waals surface area contributed by atoms with Gasteiger partial charge in [0.2, 0.25) is 0 Å². The van der Waals surface area contributed by atoms with Gasteiger partial charge in [-0.15, -0.1) is 0 Å². The van der Waals surface area contributed by atoms with E-state index in [1.807, 2.05) is 42.5 Å². The number of benzene rings is 1. The number of hydrogen-bond acceptors (Lipinski definition) is 4. The molecule has 4 heteroatoms. The molecule has 0 aliphatic carbocycles. The third-order valence-electron chi connectivity index (χ3n) is 3.63. The molecule has 4 nitrogen and oxygen atoms in total. The van der Waals surface area contributed by atoms with E-state index in [1.165, 1.54) is 14.2 Å². The highest BCUT2D eigenvalue weighted by Crippen LogP contribution is 2.29. The van der Waals surface area contributed by atoms with Crippen LogP contribution in [0.1, 0.15) is 17.0 Å². The molecule has 0 aromatic heterocycles. The molecular weight excluding hydrogens is 304 g/mol. The Morgan fingerprint density at radius 3 is 2.21 bits per heavy atom. The molecule has 0 spiro atoms. The minimum atomic E-state index is -1.07. The van der Waals surface area contributed by atoms with Gasteiger partial charge in [-0.2, -0.15) is 0 Å². The molecule has 0 aliphatic rings. The van der Waals surface area contributed by atoms with Crippen molar-refractivity contribution >= 4 is 18.0 Å². The Kier molecular flexibility index (Phi) is 6.16. The lowest BCUT2D eigenvalue weighted by molar-refractivity contribution is -0.159. The molecule has 0 radical (unpaired) electrons. The van der Waals surface area contributed by atoms with Crippen molar-refractivity contribution in [3.05, 3.63) is 77.9 Å². The van der Waals surface area contributed by atoms with Crippen molar-refractivity contribution in [2.24, 2.45) is 5.92 Å². The van der Waals surface area contributed by atoms with Gasteiger partial charge in [-0.3, -0.25) is 9.59 Å². The van der Waals surface area contributed by atoms with Crippen molar-refractivity contribution in [2.45, 2.75) is 5.92 Å². The van der Waals surface area contributed by atoms with E-state index in [0.717, 1.165) is 11.1 Å². The fraction of sp³-hybridized carbons (Fsp3) is 0.200. The number of carbonyl (C=O) groups excluding carboxylic acids is 2. The molecule has 2 aromatic rings. The van der Waals surface area contributed by atoms with Crippen molar-refractivity contribution in [3.63, 3.8) is 0 Å². The summed E-state index contributed by atoms with van der Waals surface area (Å²) in [5.41, 5.74) is 1.71. The first kappa shape index (κ1) is 17.3. The number of methoxy groups -OCH3 is 2. The van der Waals surface area contributed by atoms with Crippen molar-refractivity contribution in [1.29, 1.82) is 0 Å². The largest absolute Gasteiger partial charge is 0.468 e. The van der Waals surface area contributed by atoms with Gasteiger partial charge in [-0.05, 0) is 29.3 Å². The second-order valence-electron chi connectivity index (χ2n) is 5.09. The van der Waals surface area contributed by atoms with E-state index < -0.39 is 23.8 Å². The zero-order valence-corrected chi connectivity index (χ0v) is 13.6. The zero-order valence-electron chi connectivity index (χ0n) is 13.6. The number of esters is 2. The average Bonchev–Trinajstić information content (AvgIpc) is 2.65. The Labute approximate surface area is 141 Å². The van der Waals surface area contributed by atoms with Crippen molar-refractivity contribution in [2.75, 3.05) is 14.2 Å². The first-order valence-corrected chi connectivity index (χ1v) is 7.44. The van der Waals surface area contributed by atoms with E-state index in [9.17, 15) is 9.59 Å². The lowest BCUT2D eigenvalue weighted by Gasteiger charge is -2.21. The fourth-order valence-corrected chi connectivity index (χ4v) is 2.41. The smallest absolute Gasteiger partial charge is 0.321 e. The van der Waals surface area contributed by atoms with Crippen LogP contribution in [0.25, 0.3) is 6.08 Å². The maximum absolute atomic E-state index is 12.2. The van der Waals surface area contributed by atoms with Gasteiger partial charge in [-0.1, -0.05) is 54.6 Å². The van der Waals surface area contributed by atoms with E-state index in [-0.39, 0.29) is 0 Å². The first-order valence-electron chi connectivity index (χ1n) is 7.44. The quantitative estimate of drug-likeness (QED) is 0.606. The topological polar surface area (TPSA) is 52.6 Å². The molecule has 0 saturated heterocycles. The second kappa shape index (κ2) is 8.54. The number of rotatable bonds is 6. The van der Waals surface area contributed by atoms with E-state index in [2.05, 4.69) is 12.1 Å². The summed E-state index contributed by atoms with van der Waals surface area (Å²) in [4.78, 5) is 24.3. The molecule has 1 unspecified atom stereocenters. The van der Waals surface area contributed by atoms with Crippen LogP contribution in [0.2, 0.25) is 0 Å². The van der Waals surface area contributed by atoms with Gasteiger partial charge in [0.1, 0.15) is 0 Å². The molecule has 0 bridgehead atoms. The Morgan fingerprint density at radius 2 is 1.67 bits per heavy atom. The number of hydrogen-bond donors (Lipinski definition) is 0. The van der Waals surface area contributed by atoms with E-state index in [4.69, 9.17) is 9.47 Å². The molecule has 0 N–H and O–H groups in total. The molecule has 1 atom stereocenters. The fourth-order valence-electron chi connectivity index (χ4n) is 2.41. The molecule has 2 aromatic carbocycles. The Morgan fingerprint density at radius 1 is 1.00 bits per heavy atom. The van der Waals surface area contributed by atoms with Gasteiger partial charge in [-0.25, -0.2) is 0 Å². The van der Waals surface area contributed by atoms with E-state index in [1.54, 1.807) is 18.2 Å². The summed E-state index contributed by atoms with van der Waals surface area (Å²) in [6.45, 7) is 0. The van der Waals surface area contributed by atoms with Gasteiger partial charge in [0, 0.05) is 5.92 Å². The highest BCUT2D eigenvalue weighted by Gasteiger charge is 2.36. The van der Waals surface area contributed by atoms with Crippen LogP contribution in [-0.2, 0) is 19.1 Å². The highest BCUT2D eigenvalue weighted by atomic mass is 16.5. The molecule has 0 aliphatic heterocycles. The number of ether oxygens (including phenoxy) is 2. The second-order valence-corrected chi connectivity index (χ2v) is 5.09. The summed E-state index contributed by atoms with van der Waals surface area (Å²) in [5.74, 6) is -2.84. The standard InChI is InChI=1S/C20H18O4/c1-23-19(21)18(20(22)24-2)17(16-11-7-4-8-12-16)14-13-15-9-5-3-6-10-15/h4-5,7-14,17-18H,1-2H3/b14-13+. The van der Waals surface area contributed by atoms with Crippen LogP contribution in [0.4, 0.5) is 0 Å². The third-order valence-corrected chi connectivity index (χ3v) is 3.63. The molecule has 24 heavy (non-hydrogen) atoms. The molecule has 0 heterocycles. The van der Waals surface area contributed by atoms with E-state index in [0.29, 0.717) is 0 Å². The highest BCUT2D eigenvalue weighted by molar-refractivity contribution is 5.96. The van der Waals surface area contributed by atoms with Crippen LogP contribution in [0.15, 0.2) is 54.6 Å². The van der Waals surface area contributed by atoms with Crippen LogP contribution >= 0.6 is 0 Å². The molecule has 2 rings (SSSR count). The van der Waals surface area contributed by atoms with Gasteiger partial charge in [0.15, 0.2) is 5.92 Å². The maximum atomic E-state index is 12.2. The zero-order chi connectivity index (χ0) is 17.4. The summed E-state index contributed by atoms with van der Waals surface area (Å²) in [7, 11) is 2.51. The number of allylic oxidation sites excluding steroid dienone is 1. The van der Waals surface area contributed by atoms with Gasteiger partial charge >= 0.3 is 11.9 Å². The SMILES string of the molecule is COC(=O)C(C(=O)OC)C(/C=C/c1cc#ccc1)c1ccccc1. The Bertz CT molecular complexity index is 676. The molecular formula is C20H18O4. The van der Waals surface area contributed by atoms with Gasteiger partial charge < -0.3 is 9.47 Å². The lowest BCUT2D eigenvalue weighted by Crippen LogP contribution is -2.31. The number of carbonyl (C=O) groups is 2. The summed E-state index contributed by atoms with van der Waals surface area (Å²) in [6, 6.07) is 20.4. The van der Waals surface area contributed by atoms with Gasteiger partial charge in [0.25, 0.3) is 0 Å². The van der Waals surface area contributed by atoms with Crippen LogP contribution in [0.5, 0.6) is 0 Å². The summed E-state index contributed by atoms with van der Waals surface area (Å²) >= 11 is 0. The first-order chi connectivity index (χ1) is 11.7. The van der Waals surface area contributed by atoms with Crippen molar-refractivity contribution in [1.82, 2.24) is 0 Å². The lowest BCUT2D eigenvalue weighted by atomic mass is 9.85. The monoisotopic (exact) mass is 322 g/mol. The average molecular weight is 322 g/mol.